The summed E-state index contributed by atoms with van der Waals surface area (Å²) in [5.41, 5.74) is 0.421. The average Bonchev–Trinajstić information content (AvgIpc) is 2.24. The monoisotopic (exact) mass is 249 g/mol. The lowest BCUT2D eigenvalue weighted by molar-refractivity contribution is 0.0534. The Morgan fingerprint density at radius 3 is 2.56 bits per heavy atom. The quantitative estimate of drug-likeness (QED) is 0.893. The third-order valence-electron chi connectivity index (χ3n) is 1.87. The van der Waals surface area contributed by atoms with Crippen LogP contribution >= 0.6 is 0 Å². The molecule has 1 rings (SSSR count). The summed E-state index contributed by atoms with van der Waals surface area (Å²) in [6.45, 7) is 7.71. The Bertz CT molecular complexity index is 419. The molecule has 5 heteroatoms. The van der Waals surface area contributed by atoms with E-state index >= 15 is 0 Å². The van der Waals surface area contributed by atoms with Gasteiger partial charge in [0.1, 0.15) is 11.4 Å². The summed E-state index contributed by atoms with van der Waals surface area (Å²) in [5, 5.41) is 2.63. The summed E-state index contributed by atoms with van der Waals surface area (Å²) in [7, 11) is 0. The Morgan fingerprint density at radius 2 is 2.00 bits per heavy atom. The maximum atomic E-state index is 11.3. The van der Waals surface area contributed by atoms with E-state index in [-0.39, 0.29) is 0 Å². The Hall–Kier alpha value is -1.91. The van der Waals surface area contributed by atoms with Crippen LogP contribution in [-0.2, 0) is 4.74 Å². The predicted octanol–water partition coefficient (Wildman–Crippen LogP) is 2.32. The van der Waals surface area contributed by atoms with Crippen molar-refractivity contribution in [1.82, 2.24) is 15.3 Å². The normalized spacial score (nSPS) is 11.6. The van der Waals surface area contributed by atoms with Crippen molar-refractivity contribution in [1.29, 1.82) is 0 Å². The van der Waals surface area contributed by atoms with Gasteiger partial charge in [-0.25, -0.2) is 14.8 Å². The molecule has 0 saturated carbocycles. The zero-order chi connectivity index (χ0) is 13.6. The van der Waals surface area contributed by atoms with Crippen LogP contribution in [-0.4, -0.2) is 28.2 Å². The van der Waals surface area contributed by atoms with Crippen LogP contribution in [0.1, 0.15) is 32.2 Å². The van der Waals surface area contributed by atoms with Gasteiger partial charge < -0.3 is 10.1 Å². The van der Waals surface area contributed by atoms with Crippen LogP contribution in [0, 0.1) is 6.92 Å². The van der Waals surface area contributed by atoms with Crippen molar-refractivity contribution in [2.75, 3.05) is 6.54 Å². The van der Waals surface area contributed by atoms with Gasteiger partial charge in [-0.15, -0.1) is 0 Å². The van der Waals surface area contributed by atoms with Gasteiger partial charge in [-0.05, 0) is 27.7 Å². The molecular weight excluding hydrogens is 230 g/mol. The molecule has 0 atom stereocenters. The second kappa shape index (κ2) is 6.14. The Kier molecular flexibility index (Phi) is 4.83. The number of carbonyl (C=O) groups excluding carboxylic acids is 1. The fourth-order valence-corrected chi connectivity index (χ4v) is 1.14. The zero-order valence-electron chi connectivity index (χ0n) is 11.2. The van der Waals surface area contributed by atoms with Crippen molar-refractivity contribution >= 4 is 12.2 Å². The molecule has 0 unspecified atom stereocenters. The number of hydrogen-bond acceptors (Lipinski definition) is 4. The van der Waals surface area contributed by atoms with E-state index in [0.717, 1.165) is 11.4 Å². The first-order valence-corrected chi connectivity index (χ1v) is 5.79. The number of rotatable bonds is 3. The van der Waals surface area contributed by atoms with Crippen LogP contribution in [0.3, 0.4) is 0 Å². The predicted molar refractivity (Wildman–Crippen MR) is 70.0 cm³/mol. The number of nitrogens with zero attached hydrogens (tertiary/aromatic N) is 2. The van der Waals surface area contributed by atoms with Crippen molar-refractivity contribution < 1.29 is 9.53 Å². The molecule has 1 amide bonds. The molecule has 1 aromatic rings. The number of hydrogen-bond donors (Lipinski definition) is 1. The summed E-state index contributed by atoms with van der Waals surface area (Å²) in [6.07, 6.45) is 6.69. The van der Waals surface area contributed by atoms with E-state index in [0.29, 0.717) is 6.54 Å². The SMILES string of the molecule is Cc1ncc(C=CCNC(=O)OC(C)(C)C)cn1. The van der Waals surface area contributed by atoms with E-state index in [4.69, 9.17) is 4.74 Å². The highest BCUT2D eigenvalue weighted by atomic mass is 16.6. The van der Waals surface area contributed by atoms with Crippen LogP contribution < -0.4 is 5.32 Å². The standard InChI is InChI=1S/C13H19N3O2/c1-10-15-8-11(9-16-10)6-5-7-14-12(17)18-13(2,3)4/h5-6,8-9H,7H2,1-4H3,(H,14,17). The number of aryl methyl sites for hydroxylation is 1. The lowest BCUT2D eigenvalue weighted by Crippen LogP contribution is -2.32. The molecule has 1 heterocycles. The van der Waals surface area contributed by atoms with Gasteiger partial charge in [0.2, 0.25) is 0 Å². The molecule has 1 aromatic heterocycles. The lowest BCUT2D eigenvalue weighted by Gasteiger charge is -2.19. The first-order chi connectivity index (χ1) is 8.37. The van der Waals surface area contributed by atoms with E-state index in [2.05, 4.69) is 15.3 Å². The Balaban J connectivity index is 2.33. The number of amides is 1. The molecule has 0 aliphatic rings. The maximum absolute atomic E-state index is 11.3. The van der Waals surface area contributed by atoms with Crippen LogP contribution in [0.2, 0.25) is 0 Å². The Morgan fingerprint density at radius 1 is 1.39 bits per heavy atom. The van der Waals surface area contributed by atoms with E-state index in [9.17, 15) is 4.79 Å². The van der Waals surface area contributed by atoms with Crippen molar-refractivity contribution in [2.45, 2.75) is 33.3 Å². The van der Waals surface area contributed by atoms with Gasteiger partial charge in [0.25, 0.3) is 0 Å². The number of nitrogens with one attached hydrogen (secondary N) is 1. The van der Waals surface area contributed by atoms with Crippen LogP contribution in [0.15, 0.2) is 18.5 Å². The highest BCUT2D eigenvalue weighted by Gasteiger charge is 2.14. The largest absolute Gasteiger partial charge is 0.444 e. The molecule has 0 saturated heterocycles. The van der Waals surface area contributed by atoms with Gasteiger partial charge in [0, 0.05) is 24.5 Å². The van der Waals surface area contributed by atoms with Crippen LogP contribution in [0.25, 0.3) is 6.08 Å². The fraction of sp³-hybridized carbons (Fsp3) is 0.462. The molecule has 98 valence electrons. The third kappa shape index (κ3) is 5.98. The minimum Gasteiger partial charge on any atom is -0.444 e. The molecule has 5 nitrogen and oxygen atoms in total. The van der Waals surface area contributed by atoms with E-state index in [1.807, 2.05) is 39.8 Å². The molecule has 0 spiro atoms. The summed E-state index contributed by atoms with van der Waals surface area (Å²) >= 11 is 0. The number of carbonyl (C=O) groups is 1. The maximum Gasteiger partial charge on any atom is 0.407 e. The van der Waals surface area contributed by atoms with Crippen molar-refractivity contribution in [3.8, 4) is 0 Å². The first-order valence-electron chi connectivity index (χ1n) is 5.79. The smallest absolute Gasteiger partial charge is 0.407 e. The molecule has 0 bridgehead atoms. The van der Waals surface area contributed by atoms with Crippen molar-refractivity contribution in [3.05, 3.63) is 29.9 Å². The van der Waals surface area contributed by atoms with Gasteiger partial charge in [0.15, 0.2) is 0 Å². The molecule has 0 aliphatic carbocycles. The van der Waals surface area contributed by atoms with E-state index in [1.165, 1.54) is 0 Å². The number of alkyl carbamates (subject to hydrolysis) is 1. The van der Waals surface area contributed by atoms with Crippen LogP contribution in [0.4, 0.5) is 4.79 Å². The van der Waals surface area contributed by atoms with Gasteiger partial charge in [-0.1, -0.05) is 12.2 Å². The topological polar surface area (TPSA) is 64.1 Å². The minimum atomic E-state index is -0.474. The highest BCUT2D eigenvalue weighted by Crippen LogP contribution is 2.06. The summed E-state index contributed by atoms with van der Waals surface area (Å²) in [5.74, 6) is 0.735. The van der Waals surface area contributed by atoms with Crippen molar-refractivity contribution in [2.24, 2.45) is 0 Å². The van der Waals surface area contributed by atoms with Crippen molar-refractivity contribution in [3.63, 3.8) is 0 Å². The second-order valence-electron chi connectivity index (χ2n) is 4.85. The van der Waals surface area contributed by atoms with E-state index in [1.54, 1.807) is 12.4 Å². The Labute approximate surface area is 107 Å². The van der Waals surface area contributed by atoms with Gasteiger partial charge in [0.05, 0.1) is 0 Å². The highest BCUT2D eigenvalue weighted by molar-refractivity contribution is 5.68. The minimum absolute atomic E-state index is 0.406. The van der Waals surface area contributed by atoms with Gasteiger partial charge in [-0.2, -0.15) is 0 Å². The lowest BCUT2D eigenvalue weighted by atomic mass is 10.2. The number of ether oxygens (including phenoxy) is 1. The fourth-order valence-electron chi connectivity index (χ4n) is 1.14. The summed E-state index contributed by atoms with van der Waals surface area (Å²) in [4.78, 5) is 19.5. The zero-order valence-corrected chi connectivity index (χ0v) is 11.2. The van der Waals surface area contributed by atoms with Gasteiger partial charge >= 0.3 is 6.09 Å². The third-order valence-corrected chi connectivity index (χ3v) is 1.87. The molecule has 0 fully saturated rings. The molecule has 0 aliphatic heterocycles. The molecule has 1 N–H and O–H groups in total. The molecule has 18 heavy (non-hydrogen) atoms. The molecule has 0 radical (unpaired) electrons. The summed E-state index contributed by atoms with van der Waals surface area (Å²) in [6, 6.07) is 0. The molecular formula is C13H19N3O2. The van der Waals surface area contributed by atoms with E-state index < -0.39 is 11.7 Å². The molecule has 0 aromatic carbocycles. The van der Waals surface area contributed by atoms with Crippen LogP contribution in [0.5, 0.6) is 0 Å². The second-order valence-corrected chi connectivity index (χ2v) is 4.85. The average molecular weight is 249 g/mol. The first kappa shape index (κ1) is 14.2. The summed E-state index contributed by atoms with van der Waals surface area (Å²) < 4.78 is 5.10. The number of aromatic nitrogens is 2. The van der Waals surface area contributed by atoms with Gasteiger partial charge in [-0.3, -0.25) is 0 Å².